The lowest BCUT2D eigenvalue weighted by Crippen LogP contribution is -2.28. The average Bonchev–Trinajstić information content (AvgIpc) is 3.27. The first-order chi connectivity index (χ1) is 14.0. The zero-order chi connectivity index (χ0) is 20.8. The van der Waals surface area contributed by atoms with Crippen LogP contribution in [0.2, 0.25) is 0 Å². The highest BCUT2D eigenvalue weighted by molar-refractivity contribution is 6.01. The summed E-state index contributed by atoms with van der Waals surface area (Å²) < 4.78 is 10.9. The number of likely N-dealkylation sites (tertiary alicyclic amines) is 1. The number of nitrogens with zero attached hydrogens (tertiary/aromatic N) is 4. The summed E-state index contributed by atoms with van der Waals surface area (Å²) >= 11 is 0. The molecule has 0 saturated carbocycles. The Morgan fingerprint density at radius 1 is 1.31 bits per heavy atom. The van der Waals surface area contributed by atoms with Gasteiger partial charge in [-0.15, -0.1) is 0 Å². The number of rotatable bonds is 6. The summed E-state index contributed by atoms with van der Waals surface area (Å²) in [6.07, 6.45) is 4.74. The summed E-state index contributed by atoms with van der Waals surface area (Å²) in [5.74, 6) is 0.0369. The van der Waals surface area contributed by atoms with E-state index in [1.54, 1.807) is 23.1 Å². The number of pyridine rings is 1. The summed E-state index contributed by atoms with van der Waals surface area (Å²) in [5, 5.41) is 20.5. The maximum absolute atomic E-state index is 12.5. The van der Waals surface area contributed by atoms with Gasteiger partial charge in [-0.05, 0) is 42.7 Å². The largest absolute Gasteiger partial charge is 0.493 e. The van der Waals surface area contributed by atoms with Gasteiger partial charge in [0.05, 0.1) is 12.0 Å². The second kappa shape index (κ2) is 8.84. The number of nitro groups is 1. The molecule has 2 heterocycles. The monoisotopic (exact) mass is 394 g/mol. The third-order valence-corrected chi connectivity index (χ3v) is 4.40. The maximum atomic E-state index is 12.5. The van der Waals surface area contributed by atoms with Gasteiger partial charge in [0, 0.05) is 25.4 Å². The third kappa shape index (κ3) is 4.50. The van der Waals surface area contributed by atoms with Crippen LogP contribution in [0, 0.1) is 21.4 Å². The van der Waals surface area contributed by atoms with Crippen LogP contribution in [0.5, 0.6) is 17.4 Å². The lowest BCUT2D eigenvalue weighted by Gasteiger charge is -2.14. The van der Waals surface area contributed by atoms with Gasteiger partial charge in [-0.1, -0.05) is 6.07 Å². The number of methoxy groups -OCH3 is 1. The van der Waals surface area contributed by atoms with Crippen LogP contribution in [0.4, 0.5) is 5.69 Å². The molecule has 0 bridgehead atoms. The zero-order valence-corrected chi connectivity index (χ0v) is 15.7. The minimum atomic E-state index is -0.588. The van der Waals surface area contributed by atoms with Gasteiger partial charge < -0.3 is 14.4 Å². The molecule has 0 radical (unpaired) electrons. The number of carbonyl (C=O) groups is 1. The Morgan fingerprint density at radius 3 is 2.72 bits per heavy atom. The topological polar surface area (TPSA) is 119 Å². The molecule has 3 rings (SSSR count). The molecular formula is C20H18N4O5. The number of benzene rings is 1. The summed E-state index contributed by atoms with van der Waals surface area (Å²) in [6.45, 7) is 1.30. The second-order valence-electron chi connectivity index (χ2n) is 6.27. The molecule has 9 nitrogen and oxygen atoms in total. The Morgan fingerprint density at radius 2 is 2.07 bits per heavy atom. The Bertz CT molecular complexity index is 1010. The summed E-state index contributed by atoms with van der Waals surface area (Å²) in [6, 6.07) is 9.43. The fraction of sp³-hybridized carbons (Fsp3) is 0.250. The number of hydrogen-bond donors (Lipinski definition) is 0. The number of hydrogen-bond acceptors (Lipinski definition) is 7. The minimum Gasteiger partial charge on any atom is -0.493 e. The molecule has 1 aliphatic rings. The molecule has 1 aromatic carbocycles. The Hall–Kier alpha value is -3.93. The SMILES string of the molecule is COc1cc(/C=C(\C#N)C(=O)N2CCCC2)ccc1Oc1ncccc1[N+](=O)[O-]. The van der Waals surface area contributed by atoms with Crippen molar-refractivity contribution in [3.8, 4) is 23.4 Å². The molecule has 0 unspecified atom stereocenters. The van der Waals surface area contributed by atoms with Crippen LogP contribution in [-0.4, -0.2) is 40.9 Å². The molecule has 1 aliphatic heterocycles. The first kappa shape index (κ1) is 19.8. The van der Waals surface area contributed by atoms with Crippen molar-refractivity contribution in [2.24, 2.45) is 0 Å². The fourth-order valence-corrected chi connectivity index (χ4v) is 2.96. The number of nitriles is 1. The van der Waals surface area contributed by atoms with Gasteiger partial charge in [0.1, 0.15) is 11.6 Å². The van der Waals surface area contributed by atoms with E-state index in [1.165, 1.54) is 31.5 Å². The van der Waals surface area contributed by atoms with Crippen molar-refractivity contribution in [3.63, 3.8) is 0 Å². The highest BCUT2D eigenvalue weighted by Crippen LogP contribution is 2.35. The van der Waals surface area contributed by atoms with Gasteiger partial charge >= 0.3 is 5.69 Å². The van der Waals surface area contributed by atoms with Crippen LogP contribution < -0.4 is 9.47 Å². The van der Waals surface area contributed by atoms with Gasteiger partial charge in [0.2, 0.25) is 0 Å². The van der Waals surface area contributed by atoms with E-state index in [1.807, 2.05) is 6.07 Å². The number of aromatic nitrogens is 1. The van der Waals surface area contributed by atoms with E-state index in [4.69, 9.17) is 9.47 Å². The smallest absolute Gasteiger partial charge is 0.331 e. The van der Waals surface area contributed by atoms with E-state index in [2.05, 4.69) is 4.98 Å². The highest BCUT2D eigenvalue weighted by Gasteiger charge is 2.22. The molecule has 1 amide bonds. The van der Waals surface area contributed by atoms with Crippen LogP contribution in [0.3, 0.4) is 0 Å². The first-order valence-electron chi connectivity index (χ1n) is 8.90. The molecule has 1 fully saturated rings. The molecule has 9 heteroatoms. The Labute approximate surface area is 166 Å². The van der Waals surface area contributed by atoms with E-state index in [0.717, 1.165) is 12.8 Å². The van der Waals surface area contributed by atoms with Crippen molar-refractivity contribution in [1.82, 2.24) is 9.88 Å². The average molecular weight is 394 g/mol. The van der Waals surface area contributed by atoms with Crippen LogP contribution in [0.25, 0.3) is 6.08 Å². The van der Waals surface area contributed by atoms with Gasteiger partial charge in [-0.3, -0.25) is 14.9 Å². The van der Waals surface area contributed by atoms with Crippen LogP contribution >= 0.6 is 0 Å². The molecule has 1 saturated heterocycles. The van der Waals surface area contributed by atoms with Gasteiger partial charge in [-0.2, -0.15) is 5.26 Å². The number of ether oxygens (including phenoxy) is 2. The van der Waals surface area contributed by atoms with E-state index < -0.39 is 4.92 Å². The summed E-state index contributed by atoms with van der Waals surface area (Å²) in [7, 11) is 1.42. The normalized spacial score (nSPS) is 13.7. The van der Waals surface area contributed by atoms with Crippen molar-refractivity contribution in [3.05, 3.63) is 57.8 Å². The van der Waals surface area contributed by atoms with Gasteiger partial charge in [0.15, 0.2) is 11.5 Å². The predicted molar refractivity (Wildman–Crippen MR) is 103 cm³/mol. The molecule has 0 atom stereocenters. The Balaban J connectivity index is 1.88. The lowest BCUT2D eigenvalue weighted by atomic mass is 10.1. The van der Waals surface area contributed by atoms with Crippen LogP contribution in [-0.2, 0) is 4.79 Å². The van der Waals surface area contributed by atoms with Crippen molar-refractivity contribution in [2.45, 2.75) is 12.8 Å². The third-order valence-electron chi connectivity index (χ3n) is 4.40. The van der Waals surface area contributed by atoms with E-state index in [0.29, 0.717) is 18.7 Å². The zero-order valence-electron chi connectivity index (χ0n) is 15.7. The van der Waals surface area contributed by atoms with E-state index in [9.17, 15) is 20.2 Å². The predicted octanol–water partition coefficient (Wildman–Crippen LogP) is 3.32. The molecule has 0 spiro atoms. The van der Waals surface area contributed by atoms with Crippen LogP contribution in [0.1, 0.15) is 18.4 Å². The molecule has 2 aromatic rings. The quantitative estimate of drug-likeness (QED) is 0.319. The number of amides is 1. The molecule has 0 aliphatic carbocycles. The van der Waals surface area contributed by atoms with E-state index in [-0.39, 0.29) is 34.5 Å². The van der Waals surface area contributed by atoms with Crippen molar-refractivity contribution in [1.29, 1.82) is 5.26 Å². The maximum Gasteiger partial charge on any atom is 0.331 e. The van der Waals surface area contributed by atoms with Crippen molar-refractivity contribution >= 4 is 17.7 Å². The molecule has 148 valence electrons. The first-order valence-corrected chi connectivity index (χ1v) is 8.90. The second-order valence-corrected chi connectivity index (χ2v) is 6.27. The van der Waals surface area contributed by atoms with Crippen LogP contribution in [0.15, 0.2) is 42.1 Å². The number of carbonyl (C=O) groups excluding carboxylic acids is 1. The minimum absolute atomic E-state index is 0.0305. The molecule has 0 N–H and O–H groups in total. The van der Waals surface area contributed by atoms with Crippen molar-refractivity contribution < 1.29 is 19.2 Å². The molecular weight excluding hydrogens is 376 g/mol. The van der Waals surface area contributed by atoms with Gasteiger partial charge in [-0.25, -0.2) is 4.98 Å². The lowest BCUT2D eigenvalue weighted by molar-refractivity contribution is -0.386. The Kier molecular flexibility index (Phi) is 6.04. The fourth-order valence-electron chi connectivity index (χ4n) is 2.96. The molecule has 29 heavy (non-hydrogen) atoms. The molecule has 1 aromatic heterocycles. The van der Waals surface area contributed by atoms with E-state index >= 15 is 0 Å². The van der Waals surface area contributed by atoms with Crippen molar-refractivity contribution in [2.75, 3.05) is 20.2 Å². The highest BCUT2D eigenvalue weighted by atomic mass is 16.6. The van der Waals surface area contributed by atoms with Gasteiger partial charge in [0.25, 0.3) is 11.8 Å². The summed E-state index contributed by atoms with van der Waals surface area (Å²) in [4.78, 5) is 28.5. The standard InChI is InChI=1S/C20H18N4O5/c1-28-18-12-14(11-15(13-21)20(25)23-9-2-3-10-23)6-7-17(18)29-19-16(24(26)27)5-4-8-22-19/h4-8,11-12H,2-3,9-10H2,1H3/b15-11+. The summed E-state index contributed by atoms with van der Waals surface area (Å²) in [5.41, 5.74) is 0.318.